The third-order valence-corrected chi connectivity index (χ3v) is 2.90. The van der Waals surface area contributed by atoms with E-state index >= 15 is 0 Å². The minimum Gasteiger partial charge on any atom is -0.375 e. The molecule has 1 aromatic rings. The van der Waals surface area contributed by atoms with Crippen LogP contribution in [-0.4, -0.2) is 17.7 Å². The molecule has 1 rings (SSSR count). The Hall–Kier alpha value is -0.900. The van der Waals surface area contributed by atoms with E-state index in [1.54, 1.807) is 11.3 Å². The van der Waals surface area contributed by atoms with Crippen molar-refractivity contribution >= 4 is 22.7 Å². The summed E-state index contributed by atoms with van der Waals surface area (Å²) < 4.78 is 0. The van der Waals surface area contributed by atoms with Crippen molar-refractivity contribution in [3.05, 3.63) is 10.6 Å². The maximum absolute atomic E-state index is 5.65. The van der Waals surface area contributed by atoms with Gasteiger partial charge < -0.3 is 5.73 Å². The Bertz CT molecular complexity index is 304. The second-order valence-corrected chi connectivity index (χ2v) is 4.14. The molecule has 0 aliphatic rings. The van der Waals surface area contributed by atoms with E-state index in [-0.39, 0.29) is 0 Å². The van der Waals surface area contributed by atoms with Gasteiger partial charge in [-0.3, -0.25) is 4.99 Å². The highest BCUT2D eigenvalue weighted by atomic mass is 32.1. The lowest BCUT2D eigenvalue weighted by molar-refractivity contribution is 0.942. The van der Waals surface area contributed by atoms with Crippen LogP contribution >= 0.6 is 11.3 Å². The number of nitrogen functional groups attached to an aromatic ring is 1. The summed E-state index contributed by atoms with van der Waals surface area (Å²) in [5, 5.41) is 0.677. The van der Waals surface area contributed by atoms with Crippen LogP contribution in [0.15, 0.2) is 4.99 Å². The minimum absolute atomic E-state index is 0.677. The summed E-state index contributed by atoms with van der Waals surface area (Å²) in [5.41, 5.74) is 6.79. The molecule has 0 atom stereocenters. The number of hydrogen-bond donors (Lipinski definition) is 1. The molecule has 4 heteroatoms. The van der Waals surface area contributed by atoms with Crippen LogP contribution < -0.4 is 5.73 Å². The third kappa shape index (κ3) is 3.10. The van der Waals surface area contributed by atoms with Crippen molar-refractivity contribution in [3.63, 3.8) is 0 Å². The molecule has 0 aromatic carbocycles. The van der Waals surface area contributed by atoms with Gasteiger partial charge in [0.25, 0.3) is 0 Å². The smallest absolute Gasteiger partial charge is 0.180 e. The van der Waals surface area contributed by atoms with Crippen molar-refractivity contribution in [2.24, 2.45) is 4.99 Å². The molecule has 0 unspecified atom stereocenters. The second kappa shape index (κ2) is 5.75. The SMILES string of the molecule is CCC=NCCc1sc(N)nc1CC. The number of aromatic nitrogens is 1. The Morgan fingerprint density at radius 3 is 2.93 bits per heavy atom. The van der Waals surface area contributed by atoms with Gasteiger partial charge in [-0.15, -0.1) is 11.3 Å². The lowest BCUT2D eigenvalue weighted by Crippen LogP contribution is -1.92. The Morgan fingerprint density at radius 2 is 2.29 bits per heavy atom. The molecule has 0 aliphatic carbocycles. The second-order valence-electron chi connectivity index (χ2n) is 3.02. The Morgan fingerprint density at radius 1 is 1.50 bits per heavy atom. The zero-order valence-corrected chi connectivity index (χ0v) is 9.60. The van der Waals surface area contributed by atoms with Crippen molar-refractivity contribution in [2.75, 3.05) is 12.3 Å². The number of aliphatic imine (C=N–C) groups is 1. The predicted molar refractivity (Wildman–Crippen MR) is 63.3 cm³/mol. The molecule has 1 aromatic heterocycles. The quantitative estimate of drug-likeness (QED) is 0.760. The molecule has 0 spiro atoms. The summed E-state index contributed by atoms with van der Waals surface area (Å²) >= 11 is 1.59. The van der Waals surface area contributed by atoms with Gasteiger partial charge in [0.2, 0.25) is 0 Å². The molecule has 0 radical (unpaired) electrons. The zero-order valence-electron chi connectivity index (χ0n) is 8.79. The van der Waals surface area contributed by atoms with Crippen LogP contribution in [0.4, 0.5) is 5.13 Å². The van der Waals surface area contributed by atoms with E-state index in [1.807, 2.05) is 6.21 Å². The fourth-order valence-corrected chi connectivity index (χ4v) is 2.17. The molecule has 1 heterocycles. The molecule has 78 valence electrons. The summed E-state index contributed by atoms with van der Waals surface area (Å²) in [4.78, 5) is 9.85. The summed E-state index contributed by atoms with van der Waals surface area (Å²) in [6, 6.07) is 0. The average Bonchev–Trinajstić information content (AvgIpc) is 2.54. The van der Waals surface area contributed by atoms with Gasteiger partial charge in [-0.25, -0.2) is 4.98 Å². The van der Waals surface area contributed by atoms with Crippen LogP contribution in [0.5, 0.6) is 0 Å². The summed E-state index contributed by atoms with van der Waals surface area (Å²) in [5.74, 6) is 0. The van der Waals surface area contributed by atoms with Gasteiger partial charge >= 0.3 is 0 Å². The molecule has 0 saturated carbocycles. The molecular weight excluding hydrogens is 194 g/mol. The molecule has 14 heavy (non-hydrogen) atoms. The van der Waals surface area contributed by atoms with Gasteiger partial charge in [-0.2, -0.15) is 0 Å². The zero-order chi connectivity index (χ0) is 10.4. The first-order valence-corrected chi connectivity index (χ1v) is 5.81. The Kier molecular flexibility index (Phi) is 4.59. The molecular formula is C10H17N3S. The maximum atomic E-state index is 5.65. The Labute approximate surface area is 89.1 Å². The number of rotatable bonds is 5. The van der Waals surface area contributed by atoms with Crippen molar-refractivity contribution in [3.8, 4) is 0 Å². The van der Waals surface area contributed by atoms with Crippen molar-refractivity contribution < 1.29 is 0 Å². The largest absolute Gasteiger partial charge is 0.375 e. The normalized spacial score (nSPS) is 11.3. The molecule has 0 saturated heterocycles. The first-order chi connectivity index (χ1) is 6.77. The predicted octanol–water partition coefficient (Wildman–Crippen LogP) is 2.31. The lowest BCUT2D eigenvalue weighted by atomic mass is 10.2. The highest BCUT2D eigenvalue weighted by Gasteiger charge is 2.06. The van der Waals surface area contributed by atoms with Crippen LogP contribution in [0.25, 0.3) is 0 Å². The van der Waals surface area contributed by atoms with E-state index in [0.717, 1.165) is 31.5 Å². The Balaban J connectivity index is 2.52. The van der Waals surface area contributed by atoms with E-state index in [1.165, 1.54) is 4.88 Å². The van der Waals surface area contributed by atoms with Crippen molar-refractivity contribution in [2.45, 2.75) is 33.1 Å². The van der Waals surface area contributed by atoms with Gasteiger partial charge in [-0.1, -0.05) is 13.8 Å². The molecule has 2 N–H and O–H groups in total. The first kappa shape index (κ1) is 11.2. The summed E-state index contributed by atoms with van der Waals surface area (Å²) in [7, 11) is 0. The molecule has 0 aliphatic heterocycles. The number of anilines is 1. The lowest BCUT2D eigenvalue weighted by Gasteiger charge is -1.95. The molecule has 0 bridgehead atoms. The van der Waals surface area contributed by atoms with Crippen LogP contribution in [0.3, 0.4) is 0 Å². The van der Waals surface area contributed by atoms with E-state index < -0.39 is 0 Å². The summed E-state index contributed by atoms with van der Waals surface area (Å²) in [6.07, 6.45) is 4.89. The van der Waals surface area contributed by atoms with Gasteiger partial charge in [0.15, 0.2) is 5.13 Å². The average molecular weight is 211 g/mol. The third-order valence-electron chi connectivity index (χ3n) is 1.91. The van der Waals surface area contributed by atoms with Crippen LogP contribution in [0.2, 0.25) is 0 Å². The number of hydrogen-bond acceptors (Lipinski definition) is 4. The van der Waals surface area contributed by atoms with Crippen LogP contribution in [0.1, 0.15) is 30.8 Å². The highest BCUT2D eigenvalue weighted by Crippen LogP contribution is 2.21. The number of thiazole rings is 1. The first-order valence-electron chi connectivity index (χ1n) is 5.00. The van der Waals surface area contributed by atoms with E-state index in [9.17, 15) is 0 Å². The van der Waals surface area contributed by atoms with Crippen LogP contribution in [-0.2, 0) is 12.8 Å². The van der Waals surface area contributed by atoms with Gasteiger partial charge in [-0.05, 0) is 19.1 Å². The number of aryl methyl sites for hydroxylation is 1. The van der Waals surface area contributed by atoms with Gasteiger partial charge in [0, 0.05) is 17.8 Å². The monoisotopic (exact) mass is 211 g/mol. The van der Waals surface area contributed by atoms with E-state index in [0.29, 0.717) is 5.13 Å². The fraction of sp³-hybridized carbons (Fsp3) is 0.600. The topological polar surface area (TPSA) is 51.3 Å². The summed E-state index contributed by atoms with van der Waals surface area (Å²) in [6.45, 7) is 5.04. The minimum atomic E-state index is 0.677. The number of nitrogens with zero attached hydrogens (tertiary/aromatic N) is 2. The number of nitrogens with two attached hydrogens (primary N) is 1. The molecule has 0 amide bonds. The van der Waals surface area contributed by atoms with E-state index in [4.69, 9.17) is 5.73 Å². The van der Waals surface area contributed by atoms with Gasteiger partial charge in [0.05, 0.1) is 5.69 Å². The maximum Gasteiger partial charge on any atom is 0.180 e. The molecule has 0 fully saturated rings. The molecule has 3 nitrogen and oxygen atoms in total. The van der Waals surface area contributed by atoms with Crippen molar-refractivity contribution in [1.82, 2.24) is 4.98 Å². The van der Waals surface area contributed by atoms with E-state index in [2.05, 4.69) is 23.8 Å². The fourth-order valence-electron chi connectivity index (χ4n) is 1.26. The van der Waals surface area contributed by atoms with Gasteiger partial charge in [0.1, 0.15) is 0 Å². The highest BCUT2D eigenvalue weighted by molar-refractivity contribution is 7.15. The standard InChI is InChI=1S/C10H17N3S/c1-3-6-12-7-5-9-8(4-2)13-10(11)14-9/h6H,3-5,7H2,1-2H3,(H2,11,13). The van der Waals surface area contributed by atoms with Crippen molar-refractivity contribution in [1.29, 1.82) is 0 Å². The van der Waals surface area contributed by atoms with Crippen LogP contribution in [0, 0.1) is 0 Å².